The van der Waals surface area contributed by atoms with Crippen molar-refractivity contribution in [1.29, 1.82) is 0 Å². The zero-order valence-corrected chi connectivity index (χ0v) is 20.8. The van der Waals surface area contributed by atoms with E-state index in [-0.39, 0.29) is 21.7 Å². The number of oxazole rings is 1. The third-order valence-electron chi connectivity index (χ3n) is 6.36. The summed E-state index contributed by atoms with van der Waals surface area (Å²) in [6.45, 7) is 4.35. The number of piperidine rings is 1. The summed E-state index contributed by atoms with van der Waals surface area (Å²) in [6, 6.07) is 9.81. The Bertz CT molecular complexity index is 1330. The topological polar surface area (TPSA) is 100 Å². The molecule has 3 heterocycles. The molecule has 0 bridgehead atoms. The Morgan fingerprint density at radius 2 is 1.66 bits per heavy atom. The van der Waals surface area contributed by atoms with Crippen molar-refractivity contribution in [3.05, 3.63) is 36.4 Å². The zero-order chi connectivity index (χ0) is 24.6. The molecule has 186 valence electrons. The van der Waals surface area contributed by atoms with Gasteiger partial charge >= 0.3 is 0 Å². The molecular weight excluding hydrogens is 472 g/mol. The van der Waals surface area contributed by atoms with Crippen LogP contribution in [0.1, 0.15) is 19.8 Å². The first-order valence-corrected chi connectivity index (χ1v) is 13.0. The van der Waals surface area contributed by atoms with Crippen molar-refractivity contribution in [2.75, 3.05) is 45.4 Å². The van der Waals surface area contributed by atoms with Crippen molar-refractivity contribution in [2.45, 2.75) is 29.7 Å². The van der Waals surface area contributed by atoms with Gasteiger partial charge in [-0.3, -0.25) is 0 Å². The van der Waals surface area contributed by atoms with Crippen LogP contribution in [0, 0.1) is 5.92 Å². The highest BCUT2D eigenvalue weighted by atomic mass is 32.2. The minimum Gasteiger partial charge on any atom is -0.493 e. The second-order valence-corrected chi connectivity index (χ2v) is 10.5. The predicted molar refractivity (Wildman–Crippen MR) is 129 cm³/mol. The molecule has 1 aromatic heterocycles. The Morgan fingerprint density at radius 1 is 0.943 bits per heavy atom. The fourth-order valence-corrected chi connectivity index (χ4v) is 5.62. The first-order valence-electron chi connectivity index (χ1n) is 11.5. The van der Waals surface area contributed by atoms with Crippen LogP contribution in [-0.2, 0) is 9.84 Å². The molecule has 2 aliphatic rings. The van der Waals surface area contributed by atoms with Crippen LogP contribution < -0.4 is 23.8 Å². The maximum Gasteiger partial charge on any atom is 0.236 e. The van der Waals surface area contributed by atoms with Crippen molar-refractivity contribution < 1.29 is 31.8 Å². The summed E-state index contributed by atoms with van der Waals surface area (Å²) in [7, 11) is -0.931. The second kappa shape index (κ2) is 9.33. The number of benzene rings is 2. The summed E-state index contributed by atoms with van der Waals surface area (Å²) in [5.74, 6) is 2.97. The lowest BCUT2D eigenvalue weighted by atomic mass is 9.99. The number of anilines is 1. The number of sulfone groups is 1. The fraction of sp³-hybridized carbons (Fsp3) is 0.400. The van der Waals surface area contributed by atoms with Gasteiger partial charge in [0.15, 0.2) is 23.0 Å². The van der Waals surface area contributed by atoms with Gasteiger partial charge in [-0.05, 0) is 49.1 Å². The summed E-state index contributed by atoms with van der Waals surface area (Å²) in [5, 5.41) is -0.117. The minimum absolute atomic E-state index is 0.0699. The Hall–Kier alpha value is -3.40. The van der Waals surface area contributed by atoms with Gasteiger partial charge in [0.05, 0.1) is 19.1 Å². The first-order chi connectivity index (χ1) is 16.9. The molecule has 0 amide bonds. The number of hydrogen-bond acceptors (Lipinski definition) is 9. The van der Waals surface area contributed by atoms with Gasteiger partial charge in [0.2, 0.25) is 26.6 Å². The number of hydrogen-bond donors (Lipinski definition) is 0. The van der Waals surface area contributed by atoms with Gasteiger partial charge in [0, 0.05) is 24.7 Å². The second-order valence-electron chi connectivity index (χ2n) is 8.68. The standard InChI is InChI=1S/C25H28N2O7S/c1-16-8-10-27(11-9-16)25-24(26-23(34-25)17-4-6-19(30-2)21(14-17)31-3)35(28,29)18-5-7-20-22(15-18)33-13-12-32-20/h4-7,14-16H,8-13H2,1-3H3. The third-order valence-corrected chi connectivity index (χ3v) is 8.01. The van der Waals surface area contributed by atoms with Crippen molar-refractivity contribution >= 4 is 15.7 Å². The van der Waals surface area contributed by atoms with E-state index in [0.717, 1.165) is 12.8 Å². The summed E-state index contributed by atoms with van der Waals surface area (Å²) in [5.41, 5.74) is 0.581. The number of nitrogens with zero attached hydrogens (tertiary/aromatic N) is 2. The molecule has 0 N–H and O–H groups in total. The number of fused-ring (bicyclic) bond motifs is 1. The smallest absolute Gasteiger partial charge is 0.236 e. The monoisotopic (exact) mass is 500 g/mol. The normalized spacial score (nSPS) is 16.3. The average Bonchev–Trinajstić information content (AvgIpc) is 3.35. The molecule has 10 heteroatoms. The molecular formula is C25H28N2O7S. The summed E-state index contributed by atoms with van der Waals surface area (Å²) < 4.78 is 55.7. The highest BCUT2D eigenvalue weighted by molar-refractivity contribution is 7.91. The van der Waals surface area contributed by atoms with Crippen molar-refractivity contribution in [3.8, 4) is 34.5 Å². The molecule has 9 nitrogen and oxygen atoms in total. The van der Waals surface area contributed by atoms with E-state index < -0.39 is 9.84 Å². The number of methoxy groups -OCH3 is 2. The van der Waals surface area contributed by atoms with Crippen molar-refractivity contribution in [1.82, 2.24) is 4.98 Å². The molecule has 35 heavy (non-hydrogen) atoms. The molecule has 3 aromatic rings. The summed E-state index contributed by atoms with van der Waals surface area (Å²) in [4.78, 5) is 6.53. The SMILES string of the molecule is COc1ccc(-c2nc(S(=O)(=O)c3ccc4c(c3)OCCO4)c(N3CCC(C)CC3)o2)cc1OC. The van der Waals surface area contributed by atoms with E-state index in [2.05, 4.69) is 11.9 Å². The Morgan fingerprint density at radius 3 is 2.37 bits per heavy atom. The lowest BCUT2D eigenvalue weighted by Gasteiger charge is -2.30. The summed E-state index contributed by atoms with van der Waals surface area (Å²) in [6.07, 6.45) is 1.88. The van der Waals surface area contributed by atoms with Crippen molar-refractivity contribution in [2.24, 2.45) is 5.92 Å². The van der Waals surface area contributed by atoms with E-state index in [4.69, 9.17) is 23.4 Å². The van der Waals surface area contributed by atoms with Gasteiger partial charge < -0.3 is 28.3 Å². The van der Waals surface area contributed by atoms with E-state index in [1.165, 1.54) is 19.2 Å². The molecule has 0 atom stereocenters. The largest absolute Gasteiger partial charge is 0.493 e. The lowest BCUT2D eigenvalue weighted by Crippen LogP contribution is -2.33. The fourth-order valence-electron chi connectivity index (χ4n) is 4.28. The third kappa shape index (κ3) is 4.38. The molecule has 0 spiro atoms. The van der Waals surface area contributed by atoms with E-state index in [0.29, 0.717) is 60.8 Å². The molecule has 1 fully saturated rings. The van der Waals surface area contributed by atoms with Gasteiger partial charge in [-0.1, -0.05) is 6.92 Å². The highest BCUT2D eigenvalue weighted by Crippen LogP contribution is 2.40. The quantitative estimate of drug-likeness (QED) is 0.493. The maximum absolute atomic E-state index is 13.8. The molecule has 0 radical (unpaired) electrons. The highest BCUT2D eigenvalue weighted by Gasteiger charge is 2.33. The van der Waals surface area contributed by atoms with E-state index in [1.807, 2.05) is 4.90 Å². The molecule has 0 unspecified atom stereocenters. The Balaban J connectivity index is 1.61. The zero-order valence-electron chi connectivity index (χ0n) is 19.9. The van der Waals surface area contributed by atoms with Crippen LogP contribution in [0.15, 0.2) is 50.7 Å². The van der Waals surface area contributed by atoms with Crippen LogP contribution in [0.4, 0.5) is 5.88 Å². The number of ether oxygens (including phenoxy) is 4. The Kier molecular flexibility index (Phi) is 6.22. The van der Waals surface area contributed by atoms with Gasteiger partial charge in [0.25, 0.3) is 0 Å². The first kappa shape index (κ1) is 23.3. The lowest BCUT2D eigenvalue weighted by molar-refractivity contribution is 0.171. The van der Waals surface area contributed by atoms with Gasteiger partial charge in [-0.15, -0.1) is 0 Å². The van der Waals surface area contributed by atoms with Crippen LogP contribution in [0.2, 0.25) is 0 Å². The van der Waals surface area contributed by atoms with Crippen LogP contribution in [0.5, 0.6) is 23.0 Å². The van der Waals surface area contributed by atoms with Crippen LogP contribution in [0.25, 0.3) is 11.5 Å². The number of rotatable bonds is 6. The van der Waals surface area contributed by atoms with Crippen LogP contribution in [-0.4, -0.2) is 53.9 Å². The van der Waals surface area contributed by atoms with Gasteiger partial charge in [0.1, 0.15) is 13.2 Å². The van der Waals surface area contributed by atoms with Crippen molar-refractivity contribution in [3.63, 3.8) is 0 Å². The predicted octanol–water partition coefficient (Wildman–Crippen LogP) is 4.20. The van der Waals surface area contributed by atoms with Crippen LogP contribution >= 0.6 is 0 Å². The van der Waals surface area contributed by atoms with E-state index >= 15 is 0 Å². The summed E-state index contributed by atoms with van der Waals surface area (Å²) >= 11 is 0. The van der Waals surface area contributed by atoms with Crippen LogP contribution in [0.3, 0.4) is 0 Å². The maximum atomic E-state index is 13.8. The van der Waals surface area contributed by atoms with Gasteiger partial charge in [-0.2, -0.15) is 4.98 Å². The molecule has 0 aliphatic carbocycles. The molecule has 2 aliphatic heterocycles. The molecule has 2 aromatic carbocycles. The minimum atomic E-state index is -4.02. The Labute approximate surface area is 204 Å². The number of aromatic nitrogens is 1. The molecule has 1 saturated heterocycles. The average molecular weight is 501 g/mol. The van der Waals surface area contributed by atoms with E-state index in [9.17, 15) is 8.42 Å². The van der Waals surface area contributed by atoms with E-state index in [1.54, 1.807) is 31.4 Å². The molecule has 0 saturated carbocycles. The van der Waals surface area contributed by atoms with Gasteiger partial charge in [-0.25, -0.2) is 8.42 Å². The molecule has 5 rings (SSSR count).